The number of anilines is 3. The van der Waals surface area contributed by atoms with Gasteiger partial charge in [0.15, 0.2) is 0 Å². The molecule has 0 aliphatic heterocycles. The van der Waals surface area contributed by atoms with Crippen molar-refractivity contribution in [3.05, 3.63) is 77.9 Å². The van der Waals surface area contributed by atoms with E-state index in [1.54, 1.807) is 24.3 Å². The van der Waals surface area contributed by atoms with Gasteiger partial charge in [0.05, 0.1) is 7.11 Å². The maximum absolute atomic E-state index is 12.8. The van der Waals surface area contributed by atoms with Crippen molar-refractivity contribution in [2.75, 3.05) is 17.1 Å². The Bertz CT molecular complexity index is 1030. The number of hydrogen-bond donors (Lipinski definition) is 2. The number of ether oxygens (including phenoxy) is 1. The molecule has 0 spiro atoms. The largest absolute Gasteiger partial charge is 0.495 e. The number of hydrogen-bond acceptors (Lipinski definition) is 4. The lowest BCUT2D eigenvalue weighted by atomic mass is 10.1. The Morgan fingerprint density at radius 3 is 1.96 bits per heavy atom. The zero-order chi connectivity index (χ0) is 19.4. The average molecular weight is 382 g/mol. The topological polar surface area (TPSA) is 67.4 Å². The molecule has 0 saturated carbocycles. The van der Waals surface area contributed by atoms with Crippen LogP contribution in [0.5, 0.6) is 5.75 Å². The fourth-order valence-corrected chi connectivity index (χ4v) is 3.95. The minimum atomic E-state index is -3.76. The zero-order valence-electron chi connectivity index (χ0n) is 15.5. The van der Waals surface area contributed by atoms with Gasteiger partial charge in [-0.2, -0.15) is 0 Å². The van der Waals surface area contributed by atoms with Gasteiger partial charge in [0.2, 0.25) is 0 Å². The van der Waals surface area contributed by atoms with E-state index in [9.17, 15) is 8.42 Å². The van der Waals surface area contributed by atoms with Crippen LogP contribution >= 0.6 is 0 Å². The predicted molar refractivity (Wildman–Crippen MR) is 109 cm³/mol. The van der Waals surface area contributed by atoms with E-state index < -0.39 is 10.0 Å². The molecule has 2 N–H and O–H groups in total. The highest BCUT2D eigenvalue weighted by molar-refractivity contribution is 7.92. The van der Waals surface area contributed by atoms with E-state index in [2.05, 4.69) is 10.0 Å². The fourth-order valence-electron chi connectivity index (χ4n) is 2.65. The monoisotopic (exact) mass is 382 g/mol. The summed E-state index contributed by atoms with van der Waals surface area (Å²) in [5, 5.41) is 3.26. The molecule has 140 valence electrons. The molecule has 0 radical (unpaired) electrons. The summed E-state index contributed by atoms with van der Waals surface area (Å²) in [4.78, 5) is 0.125. The van der Waals surface area contributed by atoms with E-state index in [-0.39, 0.29) is 4.90 Å². The molecule has 0 heterocycles. The van der Waals surface area contributed by atoms with E-state index in [1.807, 2.05) is 56.3 Å². The van der Waals surface area contributed by atoms with Crippen molar-refractivity contribution in [1.29, 1.82) is 0 Å². The lowest BCUT2D eigenvalue weighted by molar-refractivity contribution is 0.402. The Morgan fingerprint density at radius 2 is 1.33 bits per heavy atom. The van der Waals surface area contributed by atoms with E-state index in [0.717, 1.165) is 22.5 Å². The van der Waals surface area contributed by atoms with Crippen LogP contribution in [0, 0.1) is 13.8 Å². The van der Waals surface area contributed by atoms with E-state index >= 15 is 0 Å². The smallest absolute Gasteiger partial charge is 0.265 e. The molecule has 0 amide bonds. The van der Waals surface area contributed by atoms with Crippen molar-refractivity contribution < 1.29 is 13.2 Å². The van der Waals surface area contributed by atoms with Crippen LogP contribution in [0.25, 0.3) is 0 Å². The zero-order valence-corrected chi connectivity index (χ0v) is 16.3. The van der Waals surface area contributed by atoms with Crippen LogP contribution < -0.4 is 14.8 Å². The molecular formula is C21H22N2O3S. The fraction of sp³-hybridized carbons (Fsp3) is 0.143. The SMILES string of the molecule is COc1cc(C)c(C)cc1S(=O)(=O)Nc1ccc(Nc2ccccc2)cc1. The van der Waals surface area contributed by atoms with Crippen LogP contribution in [0.2, 0.25) is 0 Å². The summed E-state index contributed by atoms with van der Waals surface area (Å²) >= 11 is 0. The maximum Gasteiger partial charge on any atom is 0.265 e. The number of aryl methyl sites for hydroxylation is 2. The van der Waals surface area contributed by atoms with Crippen LogP contribution in [-0.4, -0.2) is 15.5 Å². The standard InChI is InChI=1S/C21H22N2O3S/c1-15-13-20(26-3)21(14-16(15)2)27(24,25)23-19-11-9-18(10-12-19)22-17-7-5-4-6-8-17/h4-14,22-23H,1-3H3. The Hall–Kier alpha value is -2.99. The third-order valence-electron chi connectivity index (χ3n) is 4.27. The normalized spacial score (nSPS) is 11.1. The van der Waals surface area contributed by atoms with Crippen molar-refractivity contribution in [1.82, 2.24) is 0 Å². The van der Waals surface area contributed by atoms with Gasteiger partial charge in [-0.1, -0.05) is 18.2 Å². The second kappa shape index (κ2) is 7.72. The lowest BCUT2D eigenvalue weighted by Crippen LogP contribution is -2.14. The molecule has 6 heteroatoms. The minimum absolute atomic E-state index is 0.125. The number of sulfonamides is 1. The van der Waals surface area contributed by atoms with Crippen LogP contribution in [0.4, 0.5) is 17.1 Å². The maximum atomic E-state index is 12.8. The average Bonchev–Trinajstić information content (AvgIpc) is 2.65. The summed E-state index contributed by atoms with van der Waals surface area (Å²) in [5.74, 6) is 0.327. The predicted octanol–water partition coefficient (Wildman–Crippen LogP) is 4.86. The molecule has 3 rings (SSSR count). The molecular weight excluding hydrogens is 360 g/mol. The second-order valence-corrected chi connectivity index (χ2v) is 7.91. The summed E-state index contributed by atoms with van der Waals surface area (Å²) in [5.41, 5.74) is 4.17. The number of rotatable bonds is 6. The Kier molecular flexibility index (Phi) is 5.37. The van der Waals surface area contributed by atoms with Crippen molar-refractivity contribution in [2.45, 2.75) is 18.7 Å². The first-order valence-corrected chi connectivity index (χ1v) is 9.97. The summed E-state index contributed by atoms with van der Waals surface area (Å²) in [7, 11) is -2.30. The summed E-state index contributed by atoms with van der Waals surface area (Å²) in [6.07, 6.45) is 0. The summed E-state index contributed by atoms with van der Waals surface area (Å²) in [6.45, 7) is 3.79. The molecule has 0 atom stereocenters. The van der Waals surface area contributed by atoms with Gasteiger partial charge in [-0.25, -0.2) is 8.42 Å². The number of benzene rings is 3. The summed E-state index contributed by atoms with van der Waals surface area (Å²) in [6, 6.07) is 20.2. The van der Waals surface area contributed by atoms with Crippen molar-refractivity contribution >= 4 is 27.1 Å². The Balaban J connectivity index is 1.81. The van der Waals surface area contributed by atoms with Crippen LogP contribution in [-0.2, 0) is 10.0 Å². The highest BCUT2D eigenvalue weighted by atomic mass is 32.2. The quantitative estimate of drug-likeness (QED) is 0.639. The van der Waals surface area contributed by atoms with Gasteiger partial charge in [0.25, 0.3) is 10.0 Å². The molecule has 3 aromatic carbocycles. The Morgan fingerprint density at radius 1 is 0.778 bits per heavy atom. The third-order valence-corrected chi connectivity index (χ3v) is 5.67. The van der Waals surface area contributed by atoms with Crippen LogP contribution in [0.3, 0.4) is 0 Å². The number of nitrogens with one attached hydrogen (secondary N) is 2. The van der Waals surface area contributed by atoms with Gasteiger partial charge in [-0.05, 0) is 73.5 Å². The first-order chi connectivity index (χ1) is 12.9. The molecule has 0 aliphatic rings. The minimum Gasteiger partial charge on any atom is -0.495 e. The first kappa shape index (κ1) is 18.8. The summed E-state index contributed by atoms with van der Waals surface area (Å²) < 4.78 is 33.5. The van der Waals surface area contributed by atoms with E-state index in [4.69, 9.17) is 4.74 Å². The lowest BCUT2D eigenvalue weighted by Gasteiger charge is -2.14. The van der Waals surface area contributed by atoms with Gasteiger partial charge < -0.3 is 10.1 Å². The molecule has 5 nitrogen and oxygen atoms in total. The molecule has 0 aromatic heterocycles. The van der Waals surface area contributed by atoms with Crippen LogP contribution in [0.15, 0.2) is 71.6 Å². The van der Waals surface area contributed by atoms with E-state index in [0.29, 0.717) is 11.4 Å². The highest BCUT2D eigenvalue weighted by Crippen LogP contribution is 2.29. The molecule has 0 saturated heterocycles. The van der Waals surface area contributed by atoms with Gasteiger partial charge in [0, 0.05) is 17.1 Å². The Labute approximate surface area is 160 Å². The van der Waals surface area contributed by atoms with Crippen molar-refractivity contribution in [3.63, 3.8) is 0 Å². The second-order valence-electron chi connectivity index (χ2n) is 6.26. The highest BCUT2D eigenvalue weighted by Gasteiger charge is 2.20. The molecule has 0 bridgehead atoms. The van der Waals surface area contributed by atoms with Gasteiger partial charge >= 0.3 is 0 Å². The molecule has 0 fully saturated rings. The van der Waals surface area contributed by atoms with Gasteiger partial charge in [-0.15, -0.1) is 0 Å². The molecule has 3 aromatic rings. The number of para-hydroxylation sites is 1. The van der Waals surface area contributed by atoms with Gasteiger partial charge in [0.1, 0.15) is 10.6 Å². The first-order valence-electron chi connectivity index (χ1n) is 8.49. The molecule has 27 heavy (non-hydrogen) atoms. The third kappa shape index (κ3) is 4.41. The van der Waals surface area contributed by atoms with E-state index in [1.165, 1.54) is 7.11 Å². The van der Waals surface area contributed by atoms with Crippen molar-refractivity contribution in [2.24, 2.45) is 0 Å². The van der Waals surface area contributed by atoms with Gasteiger partial charge in [-0.3, -0.25) is 4.72 Å². The van der Waals surface area contributed by atoms with Crippen molar-refractivity contribution in [3.8, 4) is 5.75 Å². The molecule has 0 aliphatic carbocycles. The number of methoxy groups -OCH3 is 1. The van der Waals surface area contributed by atoms with Crippen LogP contribution in [0.1, 0.15) is 11.1 Å². The molecule has 0 unspecified atom stereocenters.